The zero-order valence-electron chi connectivity index (χ0n) is 18.4. The number of halogens is 2. The van der Waals surface area contributed by atoms with E-state index in [0.717, 1.165) is 49.3 Å². The second-order valence-corrected chi connectivity index (χ2v) is 9.70. The summed E-state index contributed by atoms with van der Waals surface area (Å²) >= 11 is 0. The third-order valence-corrected chi connectivity index (χ3v) is 7.63. The van der Waals surface area contributed by atoms with Gasteiger partial charge in [0, 0.05) is 18.6 Å². The van der Waals surface area contributed by atoms with Crippen molar-refractivity contribution >= 4 is 0 Å². The van der Waals surface area contributed by atoms with Crippen molar-refractivity contribution < 1.29 is 18.3 Å². The molecule has 0 aromatic heterocycles. The molecule has 166 valence electrons. The van der Waals surface area contributed by atoms with Crippen molar-refractivity contribution in [3.05, 3.63) is 58.9 Å². The van der Waals surface area contributed by atoms with Crippen LogP contribution < -0.4 is 9.47 Å². The molecule has 5 heteroatoms. The Labute approximate surface area is 183 Å². The topological polar surface area (TPSA) is 21.7 Å². The van der Waals surface area contributed by atoms with Crippen LogP contribution in [0.2, 0.25) is 0 Å². The SMILES string of the molecule is COc1cc2c(cc1OC)CC(CC1(F)CC3CCC(C1)N3Cc1ccc(F)cc1)C2. The van der Waals surface area contributed by atoms with Crippen LogP contribution in [-0.4, -0.2) is 36.9 Å². The smallest absolute Gasteiger partial charge is 0.161 e. The van der Waals surface area contributed by atoms with E-state index in [9.17, 15) is 4.39 Å². The molecular formula is C26H31F2NO2. The predicted molar refractivity (Wildman–Crippen MR) is 117 cm³/mol. The second-order valence-electron chi connectivity index (χ2n) is 9.70. The summed E-state index contributed by atoms with van der Waals surface area (Å²) in [5, 5.41) is 0. The molecule has 0 amide bonds. The summed E-state index contributed by atoms with van der Waals surface area (Å²) in [6, 6.07) is 11.4. The molecule has 1 aliphatic carbocycles. The molecule has 0 N–H and O–H groups in total. The van der Waals surface area contributed by atoms with Crippen LogP contribution in [0.25, 0.3) is 0 Å². The monoisotopic (exact) mass is 427 g/mol. The molecule has 5 rings (SSSR count). The van der Waals surface area contributed by atoms with Crippen LogP contribution in [0.3, 0.4) is 0 Å². The fraction of sp³-hybridized carbons (Fsp3) is 0.538. The van der Waals surface area contributed by atoms with Gasteiger partial charge in [0.25, 0.3) is 0 Å². The molecule has 2 heterocycles. The van der Waals surface area contributed by atoms with Gasteiger partial charge in [-0.15, -0.1) is 0 Å². The van der Waals surface area contributed by atoms with Crippen LogP contribution in [0, 0.1) is 11.7 Å². The average Bonchev–Trinajstić information content (AvgIpc) is 3.25. The lowest BCUT2D eigenvalue weighted by Gasteiger charge is -2.43. The Kier molecular flexibility index (Phi) is 5.41. The molecule has 3 aliphatic rings. The minimum absolute atomic E-state index is 0.207. The Balaban J connectivity index is 1.25. The number of piperidine rings is 1. The Morgan fingerprint density at radius 1 is 0.935 bits per heavy atom. The molecule has 2 unspecified atom stereocenters. The number of hydrogen-bond donors (Lipinski definition) is 0. The minimum Gasteiger partial charge on any atom is -0.493 e. The summed E-state index contributed by atoms with van der Waals surface area (Å²) in [4.78, 5) is 2.46. The first-order valence-corrected chi connectivity index (χ1v) is 11.4. The van der Waals surface area contributed by atoms with Crippen LogP contribution in [-0.2, 0) is 19.4 Å². The van der Waals surface area contributed by atoms with Crippen LogP contribution >= 0.6 is 0 Å². The van der Waals surface area contributed by atoms with Gasteiger partial charge in [0.05, 0.1) is 14.2 Å². The van der Waals surface area contributed by atoms with Gasteiger partial charge < -0.3 is 9.47 Å². The van der Waals surface area contributed by atoms with Crippen molar-refractivity contribution in [3.8, 4) is 11.5 Å². The highest BCUT2D eigenvalue weighted by molar-refractivity contribution is 5.49. The molecule has 2 fully saturated rings. The molecule has 2 saturated heterocycles. The van der Waals surface area contributed by atoms with E-state index in [1.54, 1.807) is 14.2 Å². The molecular weight excluding hydrogens is 396 g/mol. The third kappa shape index (κ3) is 4.05. The van der Waals surface area contributed by atoms with Gasteiger partial charge in [-0.2, -0.15) is 0 Å². The number of rotatable bonds is 6. The van der Waals surface area contributed by atoms with Crippen molar-refractivity contribution in [2.24, 2.45) is 5.92 Å². The van der Waals surface area contributed by atoms with Crippen molar-refractivity contribution in [2.45, 2.75) is 69.2 Å². The lowest BCUT2D eigenvalue weighted by molar-refractivity contribution is -0.00758. The highest BCUT2D eigenvalue weighted by atomic mass is 19.1. The zero-order chi connectivity index (χ0) is 21.6. The van der Waals surface area contributed by atoms with Gasteiger partial charge in [0.1, 0.15) is 11.5 Å². The summed E-state index contributed by atoms with van der Waals surface area (Å²) in [5.41, 5.74) is 2.55. The number of fused-ring (bicyclic) bond motifs is 3. The van der Waals surface area contributed by atoms with Gasteiger partial charge >= 0.3 is 0 Å². The van der Waals surface area contributed by atoms with Gasteiger partial charge in [-0.05, 0) is 91.8 Å². The van der Waals surface area contributed by atoms with E-state index in [4.69, 9.17) is 9.47 Å². The molecule has 0 radical (unpaired) electrons. The van der Waals surface area contributed by atoms with Crippen molar-refractivity contribution in [1.29, 1.82) is 0 Å². The van der Waals surface area contributed by atoms with Crippen LogP contribution in [0.5, 0.6) is 11.5 Å². The Morgan fingerprint density at radius 3 is 2.00 bits per heavy atom. The average molecular weight is 428 g/mol. The van der Waals surface area contributed by atoms with Crippen LogP contribution in [0.4, 0.5) is 8.78 Å². The summed E-state index contributed by atoms with van der Waals surface area (Å²) < 4.78 is 40.2. The number of alkyl halides is 1. The molecule has 0 saturated carbocycles. The van der Waals surface area contributed by atoms with E-state index < -0.39 is 5.67 Å². The van der Waals surface area contributed by atoms with Crippen molar-refractivity contribution in [1.82, 2.24) is 4.90 Å². The molecule has 3 nitrogen and oxygen atoms in total. The summed E-state index contributed by atoms with van der Waals surface area (Å²) in [6.45, 7) is 0.792. The van der Waals surface area contributed by atoms with Gasteiger partial charge in [0.2, 0.25) is 0 Å². The van der Waals surface area contributed by atoms with E-state index in [0.29, 0.717) is 25.2 Å². The largest absolute Gasteiger partial charge is 0.493 e. The first-order valence-electron chi connectivity index (χ1n) is 11.4. The van der Waals surface area contributed by atoms with E-state index in [1.807, 2.05) is 12.1 Å². The molecule has 2 bridgehead atoms. The predicted octanol–water partition coefficient (Wildman–Crippen LogP) is 5.48. The Morgan fingerprint density at radius 2 is 1.48 bits per heavy atom. The maximum Gasteiger partial charge on any atom is 0.161 e. The maximum absolute atomic E-state index is 16.1. The lowest BCUT2D eigenvalue weighted by atomic mass is 9.80. The number of hydrogen-bond acceptors (Lipinski definition) is 3. The van der Waals surface area contributed by atoms with Gasteiger partial charge in [-0.25, -0.2) is 8.78 Å². The Hall–Kier alpha value is -2.14. The third-order valence-electron chi connectivity index (χ3n) is 7.63. The van der Waals surface area contributed by atoms with E-state index in [-0.39, 0.29) is 17.9 Å². The summed E-state index contributed by atoms with van der Waals surface area (Å²) in [7, 11) is 3.31. The fourth-order valence-corrected chi connectivity index (χ4v) is 6.31. The number of nitrogens with zero attached hydrogens (tertiary/aromatic N) is 1. The fourth-order valence-electron chi connectivity index (χ4n) is 6.31. The van der Waals surface area contributed by atoms with Crippen molar-refractivity contribution in [2.75, 3.05) is 14.2 Å². The molecule has 0 spiro atoms. The maximum atomic E-state index is 16.1. The van der Waals surface area contributed by atoms with Gasteiger partial charge in [-0.1, -0.05) is 12.1 Å². The second kappa shape index (κ2) is 8.09. The van der Waals surface area contributed by atoms with Crippen LogP contribution in [0.15, 0.2) is 36.4 Å². The number of ether oxygens (including phenoxy) is 2. The highest BCUT2D eigenvalue weighted by Gasteiger charge is 2.49. The normalized spacial score (nSPS) is 28.0. The number of benzene rings is 2. The standard InChI is InChI=1S/C26H31F2NO2/c1-30-24-11-19-9-18(10-20(19)12-25(24)31-2)13-26(28)14-22-7-8-23(15-26)29(22)16-17-3-5-21(27)6-4-17/h3-6,11-12,18,22-23H,7-10,13-16H2,1-2H3. The van der Waals surface area contributed by atoms with Gasteiger partial charge in [0.15, 0.2) is 11.5 Å². The number of methoxy groups -OCH3 is 2. The molecule has 2 aromatic carbocycles. The molecule has 2 atom stereocenters. The quantitative estimate of drug-likeness (QED) is 0.609. The lowest BCUT2D eigenvalue weighted by Crippen LogP contribution is -2.49. The molecule has 31 heavy (non-hydrogen) atoms. The highest BCUT2D eigenvalue weighted by Crippen LogP contribution is 2.48. The minimum atomic E-state index is -1.09. The molecule has 2 aromatic rings. The van der Waals surface area contributed by atoms with Crippen LogP contribution in [0.1, 0.15) is 48.8 Å². The first kappa shape index (κ1) is 20.7. The van der Waals surface area contributed by atoms with E-state index in [1.165, 1.54) is 23.3 Å². The summed E-state index contributed by atoms with van der Waals surface area (Å²) in [6.07, 6.45) is 5.82. The Bertz CT molecular complexity index is 898. The van der Waals surface area contributed by atoms with E-state index >= 15 is 4.39 Å². The van der Waals surface area contributed by atoms with Gasteiger partial charge in [-0.3, -0.25) is 4.90 Å². The molecule has 2 aliphatic heterocycles. The zero-order valence-corrected chi connectivity index (χ0v) is 18.4. The van der Waals surface area contributed by atoms with Crippen molar-refractivity contribution in [3.63, 3.8) is 0 Å². The summed E-state index contributed by atoms with van der Waals surface area (Å²) in [5.74, 6) is 1.63. The first-order chi connectivity index (χ1) is 15.0. The van der Waals surface area contributed by atoms with E-state index in [2.05, 4.69) is 17.0 Å².